The Hall–Kier alpha value is -1.44. The van der Waals surface area contributed by atoms with Crippen LogP contribution in [-0.2, 0) is 30.8 Å². The molecular weight excluding hydrogens is 272 g/mol. The number of esters is 1. The lowest BCUT2D eigenvalue weighted by Gasteiger charge is -2.04. The summed E-state index contributed by atoms with van der Waals surface area (Å²) < 4.78 is 39.2. The number of carbonyl (C=O) groups excluding carboxylic acids is 1. The molecule has 0 saturated carbocycles. The molecule has 1 fully saturated rings. The zero-order valence-corrected chi connectivity index (χ0v) is 10.9. The fourth-order valence-corrected chi connectivity index (χ4v) is 1.99. The summed E-state index contributed by atoms with van der Waals surface area (Å²) in [4.78, 5) is 11.0. The van der Waals surface area contributed by atoms with E-state index in [1.54, 1.807) is 0 Å². The SMILES string of the molecule is O=C(CS(=O)(=O)O)OCCc1ccc(C2CO2)cc1. The second-order valence-electron chi connectivity index (χ2n) is 4.26. The Morgan fingerprint density at radius 3 is 2.53 bits per heavy atom. The van der Waals surface area contributed by atoms with E-state index in [2.05, 4.69) is 0 Å². The summed E-state index contributed by atoms with van der Waals surface area (Å²) in [6, 6.07) is 7.72. The third-order valence-corrected chi connectivity index (χ3v) is 3.24. The molecule has 0 bridgehead atoms. The minimum Gasteiger partial charge on any atom is -0.465 e. The smallest absolute Gasteiger partial charge is 0.323 e. The fraction of sp³-hybridized carbons (Fsp3) is 0.417. The van der Waals surface area contributed by atoms with Crippen LogP contribution in [0.5, 0.6) is 0 Å². The van der Waals surface area contributed by atoms with Crippen molar-refractivity contribution in [2.24, 2.45) is 0 Å². The molecule has 6 nitrogen and oxygen atoms in total. The maximum Gasteiger partial charge on any atom is 0.323 e. The van der Waals surface area contributed by atoms with Gasteiger partial charge in [-0.2, -0.15) is 8.42 Å². The monoisotopic (exact) mass is 286 g/mol. The van der Waals surface area contributed by atoms with Gasteiger partial charge in [0.05, 0.1) is 13.2 Å². The molecule has 104 valence electrons. The van der Waals surface area contributed by atoms with E-state index in [4.69, 9.17) is 14.0 Å². The Labute approximate surface area is 111 Å². The summed E-state index contributed by atoms with van der Waals surface area (Å²) in [7, 11) is -4.32. The van der Waals surface area contributed by atoms with Gasteiger partial charge in [0.1, 0.15) is 6.10 Å². The fourth-order valence-electron chi connectivity index (χ4n) is 1.61. The maximum atomic E-state index is 11.0. The highest BCUT2D eigenvalue weighted by Gasteiger charge is 2.24. The van der Waals surface area contributed by atoms with Crippen LogP contribution in [0.25, 0.3) is 0 Å². The molecule has 1 unspecified atom stereocenters. The quantitative estimate of drug-likeness (QED) is 0.471. The van der Waals surface area contributed by atoms with Crippen LogP contribution in [0.3, 0.4) is 0 Å². The van der Waals surface area contributed by atoms with Crippen molar-refractivity contribution in [3.05, 3.63) is 35.4 Å². The second-order valence-corrected chi connectivity index (χ2v) is 5.71. The standard InChI is InChI=1S/C12H14O6S/c13-12(8-19(14,15)16)17-6-5-9-1-3-10(4-2-9)11-7-18-11/h1-4,11H,5-8H2,(H,14,15,16). The minimum atomic E-state index is -4.32. The van der Waals surface area contributed by atoms with Crippen LogP contribution in [0.2, 0.25) is 0 Å². The van der Waals surface area contributed by atoms with E-state index in [0.29, 0.717) is 6.42 Å². The predicted octanol–water partition coefficient (Wildman–Crippen LogP) is 0.731. The van der Waals surface area contributed by atoms with Crippen LogP contribution in [0.1, 0.15) is 17.2 Å². The lowest BCUT2D eigenvalue weighted by molar-refractivity contribution is -0.140. The number of epoxide rings is 1. The van der Waals surface area contributed by atoms with E-state index < -0.39 is 21.8 Å². The predicted molar refractivity (Wildman–Crippen MR) is 66.2 cm³/mol. The van der Waals surface area contributed by atoms with Gasteiger partial charge in [0.2, 0.25) is 0 Å². The van der Waals surface area contributed by atoms with Crippen LogP contribution in [0.15, 0.2) is 24.3 Å². The molecule has 1 aliphatic heterocycles. The van der Waals surface area contributed by atoms with E-state index in [0.717, 1.165) is 17.7 Å². The number of hydrogen-bond donors (Lipinski definition) is 1. The first-order valence-electron chi connectivity index (χ1n) is 5.75. The van der Waals surface area contributed by atoms with Gasteiger partial charge in [-0.1, -0.05) is 24.3 Å². The molecule has 19 heavy (non-hydrogen) atoms. The van der Waals surface area contributed by atoms with E-state index in [1.165, 1.54) is 0 Å². The average molecular weight is 286 g/mol. The van der Waals surface area contributed by atoms with Gasteiger partial charge >= 0.3 is 5.97 Å². The summed E-state index contributed by atoms with van der Waals surface area (Å²) in [6.07, 6.45) is 0.699. The Kier molecular flexibility index (Phi) is 4.18. The van der Waals surface area contributed by atoms with Gasteiger partial charge in [-0.3, -0.25) is 9.35 Å². The molecule has 0 aromatic heterocycles. The number of hydrogen-bond acceptors (Lipinski definition) is 5. The first-order valence-corrected chi connectivity index (χ1v) is 7.36. The van der Waals surface area contributed by atoms with Crippen molar-refractivity contribution >= 4 is 16.1 Å². The van der Waals surface area contributed by atoms with Crippen LogP contribution in [0.4, 0.5) is 0 Å². The third kappa shape index (κ3) is 4.98. The molecule has 7 heteroatoms. The van der Waals surface area contributed by atoms with Gasteiger partial charge < -0.3 is 9.47 Å². The summed E-state index contributed by atoms with van der Waals surface area (Å²) in [6.45, 7) is 0.834. The highest BCUT2D eigenvalue weighted by molar-refractivity contribution is 7.86. The molecule has 0 radical (unpaired) electrons. The van der Waals surface area contributed by atoms with Crippen molar-refractivity contribution in [2.75, 3.05) is 19.0 Å². The van der Waals surface area contributed by atoms with E-state index in [-0.39, 0.29) is 12.7 Å². The molecule has 1 saturated heterocycles. The lowest BCUT2D eigenvalue weighted by Crippen LogP contribution is -2.18. The molecule has 0 spiro atoms. The van der Waals surface area contributed by atoms with Crippen LogP contribution in [-0.4, -0.2) is 37.9 Å². The number of rotatable bonds is 6. The van der Waals surface area contributed by atoms with Crippen LogP contribution < -0.4 is 0 Å². The molecule has 1 N–H and O–H groups in total. The van der Waals surface area contributed by atoms with Crippen molar-refractivity contribution in [1.29, 1.82) is 0 Å². The van der Waals surface area contributed by atoms with Crippen LogP contribution in [0, 0.1) is 0 Å². The zero-order valence-electron chi connectivity index (χ0n) is 10.1. The van der Waals surface area contributed by atoms with E-state index >= 15 is 0 Å². The first kappa shape index (κ1) is 14.0. The number of ether oxygens (including phenoxy) is 2. The van der Waals surface area contributed by atoms with Gasteiger partial charge in [-0.15, -0.1) is 0 Å². The van der Waals surface area contributed by atoms with Crippen molar-refractivity contribution in [1.82, 2.24) is 0 Å². The second kappa shape index (κ2) is 5.68. The lowest BCUT2D eigenvalue weighted by atomic mass is 10.1. The summed E-state index contributed by atoms with van der Waals surface area (Å²) in [5, 5.41) is 0. The number of benzene rings is 1. The summed E-state index contributed by atoms with van der Waals surface area (Å²) >= 11 is 0. The maximum absolute atomic E-state index is 11.0. The Bertz CT molecular complexity index is 544. The first-order chi connectivity index (χ1) is 8.94. The highest BCUT2D eigenvalue weighted by Crippen LogP contribution is 2.29. The van der Waals surface area contributed by atoms with Gasteiger partial charge in [-0.05, 0) is 11.1 Å². The Balaban J connectivity index is 1.74. The van der Waals surface area contributed by atoms with Gasteiger partial charge in [0, 0.05) is 6.42 Å². The van der Waals surface area contributed by atoms with Crippen molar-refractivity contribution in [3.63, 3.8) is 0 Å². The molecule has 1 atom stereocenters. The average Bonchev–Trinajstić information content (AvgIpc) is 3.11. The van der Waals surface area contributed by atoms with Gasteiger partial charge in [0.25, 0.3) is 10.1 Å². The van der Waals surface area contributed by atoms with E-state index in [1.807, 2.05) is 24.3 Å². The molecule has 1 aliphatic rings. The molecular formula is C12H14O6S. The molecule has 1 heterocycles. The largest absolute Gasteiger partial charge is 0.465 e. The molecule has 0 aliphatic carbocycles. The highest BCUT2D eigenvalue weighted by atomic mass is 32.2. The topological polar surface area (TPSA) is 93.2 Å². The van der Waals surface area contributed by atoms with Crippen molar-refractivity contribution < 1.29 is 27.2 Å². The molecule has 1 aromatic rings. The summed E-state index contributed by atoms with van der Waals surface area (Å²) in [5.74, 6) is -1.96. The van der Waals surface area contributed by atoms with Gasteiger partial charge in [0.15, 0.2) is 5.75 Å². The normalized spacial score (nSPS) is 18.1. The summed E-state index contributed by atoms with van der Waals surface area (Å²) in [5.41, 5.74) is 2.09. The van der Waals surface area contributed by atoms with Crippen LogP contribution >= 0.6 is 0 Å². The Morgan fingerprint density at radius 2 is 2.00 bits per heavy atom. The minimum absolute atomic E-state index is 0.0770. The van der Waals surface area contributed by atoms with E-state index in [9.17, 15) is 13.2 Å². The zero-order chi connectivity index (χ0) is 13.9. The Morgan fingerprint density at radius 1 is 1.37 bits per heavy atom. The third-order valence-electron chi connectivity index (χ3n) is 2.64. The van der Waals surface area contributed by atoms with Crippen molar-refractivity contribution in [3.8, 4) is 0 Å². The number of carbonyl (C=O) groups is 1. The molecule has 0 amide bonds. The van der Waals surface area contributed by atoms with Crippen molar-refractivity contribution in [2.45, 2.75) is 12.5 Å². The van der Waals surface area contributed by atoms with Gasteiger partial charge in [-0.25, -0.2) is 0 Å². The molecule has 1 aromatic carbocycles. The molecule has 2 rings (SSSR count).